The van der Waals surface area contributed by atoms with Crippen molar-refractivity contribution in [1.82, 2.24) is 0 Å². The van der Waals surface area contributed by atoms with E-state index in [1.807, 2.05) is 0 Å². The normalized spacial score (nSPS) is 12.4. The molecule has 2 aromatic rings. The standard InChI is InChI=1S/C17H13Cl3F3NO/c1-2-16(11-8-10(18)6-7-13(11)17(21,22)23)24-25-9-12-14(19)4-3-5-15(12)20/h3-8H,2,9H2,1H3/b24-16+. The molecule has 8 heteroatoms. The Morgan fingerprint density at radius 2 is 1.72 bits per heavy atom. The minimum atomic E-state index is -4.53. The quantitative estimate of drug-likeness (QED) is 0.384. The van der Waals surface area contributed by atoms with Crippen molar-refractivity contribution in [2.45, 2.75) is 26.1 Å². The molecule has 0 aliphatic carbocycles. The molecule has 2 aromatic carbocycles. The Hall–Kier alpha value is -1.43. The molecule has 25 heavy (non-hydrogen) atoms. The predicted octanol–water partition coefficient (Wildman–Crippen LogP) is 7.00. The van der Waals surface area contributed by atoms with Gasteiger partial charge >= 0.3 is 6.18 Å². The van der Waals surface area contributed by atoms with Gasteiger partial charge in [0.25, 0.3) is 0 Å². The van der Waals surface area contributed by atoms with Gasteiger partial charge in [0.2, 0.25) is 0 Å². The minimum absolute atomic E-state index is 0.0656. The van der Waals surface area contributed by atoms with E-state index < -0.39 is 11.7 Å². The molecule has 0 saturated heterocycles. The molecule has 0 spiro atoms. The molecule has 0 unspecified atom stereocenters. The number of hydrogen-bond donors (Lipinski definition) is 0. The van der Waals surface area contributed by atoms with Crippen LogP contribution >= 0.6 is 34.8 Å². The lowest BCUT2D eigenvalue weighted by atomic mass is 10.0. The van der Waals surface area contributed by atoms with Crippen LogP contribution in [0.2, 0.25) is 15.1 Å². The Balaban J connectivity index is 2.31. The molecule has 0 amide bonds. The van der Waals surface area contributed by atoms with Gasteiger partial charge in [-0.05, 0) is 36.8 Å². The number of alkyl halides is 3. The van der Waals surface area contributed by atoms with Gasteiger partial charge in [-0.15, -0.1) is 0 Å². The largest absolute Gasteiger partial charge is 0.417 e. The monoisotopic (exact) mass is 409 g/mol. The van der Waals surface area contributed by atoms with Crippen molar-refractivity contribution in [2.75, 3.05) is 0 Å². The van der Waals surface area contributed by atoms with Crippen LogP contribution in [0.25, 0.3) is 0 Å². The highest BCUT2D eigenvalue weighted by atomic mass is 35.5. The van der Waals surface area contributed by atoms with Crippen LogP contribution in [0.15, 0.2) is 41.6 Å². The summed E-state index contributed by atoms with van der Waals surface area (Å²) >= 11 is 17.9. The summed E-state index contributed by atoms with van der Waals surface area (Å²) in [6, 6.07) is 8.28. The molecule has 0 fully saturated rings. The number of oxime groups is 1. The molecule has 0 atom stereocenters. The Bertz CT molecular complexity index is 771. The first-order chi connectivity index (χ1) is 11.7. The van der Waals surface area contributed by atoms with Crippen molar-refractivity contribution in [2.24, 2.45) is 5.16 Å². The van der Waals surface area contributed by atoms with E-state index in [4.69, 9.17) is 39.6 Å². The van der Waals surface area contributed by atoms with Crippen LogP contribution in [0.1, 0.15) is 30.0 Å². The first-order valence-corrected chi connectivity index (χ1v) is 8.36. The van der Waals surface area contributed by atoms with Crippen molar-refractivity contribution < 1.29 is 18.0 Å². The Morgan fingerprint density at radius 1 is 1.08 bits per heavy atom. The van der Waals surface area contributed by atoms with Crippen LogP contribution in [0.5, 0.6) is 0 Å². The molecule has 0 aliphatic heterocycles. The van der Waals surface area contributed by atoms with E-state index in [0.717, 1.165) is 6.07 Å². The molecule has 0 saturated carbocycles. The van der Waals surface area contributed by atoms with Crippen LogP contribution in [-0.2, 0) is 17.6 Å². The van der Waals surface area contributed by atoms with Crippen LogP contribution < -0.4 is 0 Å². The maximum absolute atomic E-state index is 13.2. The van der Waals surface area contributed by atoms with Crippen LogP contribution in [-0.4, -0.2) is 5.71 Å². The lowest BCUT2D eigenvalue weighted by Crippen LogP contribution is -2.13. The second kappa shape index (κ2) is 8.30. The maximum Gasteiger partial charge on any atom is 0.417 e. The third-order valence-corrected chi connectivity index (χ3v) is 4.32. The number of benzene rings is 2. The lowest BCUT2D eigenvalue weighted by molar-refractivity contribution is -0.137. The first-order valence-electron chi connectivity index (χ1n) is 7.23. The summed E-state index contributed by atoms with van der Waals surface area (Å²) < 4.78 is 39.6. The molecule has 0 N–H and O–H groups in total. The molecule has 0 bridgehead atoms. The highest BCUT2D eigenvalue weighted by Gasteiger charge is 2.34. The smallest absolute Gasteiger partial charge is 0.391 e. The zero-order chi connectivity index (χ0) is 18.6. The Labute approximate surface area is 158 Å². The van der Waals surface area contributed by atoms with E-state index in [-0.39, 0.29) is 29.3 Å². The van der Waals surface area contributed by atoms with E-state index in [0.29, 0.717) is 15.6 Å². The Kier molecular flexibility index (Phi) is 6.60. The van der Waals surface area contributed by atoms with Gasteiger partial charge in [-0.2, -0.15) is 13.2 Å². The topological polar surface area (TPSA) is 21.6 Å². The van der Waals surface area contributed by atoms with Crippen LogP contribution in [0.4, 0.5) is 13.2 Å². The molecule has 0 aromatic heterocycles. The predicted molar refractivity (Wildman–Crippen MR) is 94.5 cm³/mol. The summed E-state index contributed by atoms with van der Waals surface area (Å²) in [6.45, 7) is 1.61. The van der Waals surface area contributed by atoms with E-state index in [1.54, 1.807) is 25.1 Å². The SMILES string of the molecule is CC/C(=N\OCc1c(Cl)cccc1Cl)c1cc(Cl)ccc1C(F)(F)F. The summed E-state index contributed by atoms with van der Waals surface area (Å²) in [6.07, 6.45) is -4.30. The molecule has 0 heterocycles. The van der Waals surface area contributed by atoms with Crippen molar-refractivity contribution in [1.29, 1.82) is 0 Å². The first kappa shape index (κ1) is 19.9. The number of halogens is 6. The van der Waals surface area contributed by atoms with Crippen LogP contribution in [0.3, 0.4) is 0 Å². The van der Waals surface area contributed by atoms with Crippen molar-refractivity contribution >= 4 is 40.5 Å². The summed E-state index contributed by atoms with van der Waals surface area (Å²) in [5.41, 5.74) is -0.310. The van der Waals surface area contributed by atoms with Crippen LogP contribution in [0, 0.1) is 0 Å². The van der Waals surface area contributed by atoms with Gasteiger partial charge in [-0.1, -0.05) is 52.9 Å². The van der Waals surface area contributed by atoms with E-state index >= 15 is 0 Å². The zero-order valence-electron chi connectivity index (χ0n) is 13.0. The third kappa shape index (κ3) is 5.03. The fourth-order valence-corrected chi connectivity index (χ4v) is 2.83. The van der Waals surface area contributed by atoms with Crippen molar-refractivity contribution in [3.05, 3.63) is 68.2 Å². The summed E-state index contributed by atoms with van der Waals surface area (Å²) in [5, 5.41) is 4.80. The van der Waals surface area contributed by atoms with Gasteiger partial charge < -0.3 is 4.84 Å². The maximum atomic E-state index is 13.2. The summed E-state index contributed by atoms with van der Waals surface area (Å²) in [5.74, 6) is 0. The lowest BCUT2D eigenvalue weighted by Gasteiger charge is -2.14. The Morgan fingerprint density at radius 3 is 2.28 bits per heavy atom. The van der Waals surface area contributed by atoms with Gasteiger partial charge in [-0.3, -0.25) is 0 Å². The van der Waals surface area contributed by atoms with Crippen molar-refractivity contribution in [3.8, 4) is 0 Å². The van der Waals surface area contributed by atoms with Gasteiger partial charge in [0.1, 0.15) is 6.61 Å². The molecule has 134 valence electrons. The fourth-order valence-electron chi connectivity index (χ4n) is 2.15. The van der Waals surface area contributed by atoms with Gasteiger partial charge in [-0.25, -0.2) is 0 Å². The molecule has 2 nitrogen and oxygen atoms in total. The average molecular weight is 411 g/mol. The molecular weight excluding hydrogens is 398 g/mol. The summed E-state index contributed by atoms with van der Waals surface area (Å²) in [7, 11) is 0. The zero-order valence-corrected chi connectivity index (χ0v) is 15.3. The van der Waals surface area contributed by atoms with Gasteiger partial charge in [0.15, 0.2) is 0 Å². The molecule has 0 radical (unpaired) electrons. The number of rotatable bonds is 5. The second-order valence-corrected chi connectivity index (χ2v) is 6.30. The highest BCUT2D eigenvalue weighted by molar-refractivity contribution is 6.36. The number of hydrogen-bond acceptors (Lipinski definition) is 2. The van der Waals surface area contributed by atoms with E-state index in [9.17, 15) is 13.2 Å². The molecule has 0 aliphatic rings. The molecule has 2 rings (SSSR count). The van der Waals surface area contributed by atoms with E-state index in [2.05, 4.69) is 5.16 Å². The average Bonchev–Trinajstić information content (AvgIpc) is 2.52. The second-order valence-electron chi connectivity index (χ2n) is 5.05. The molecular formula is C17H13Cl3F3NO. The van der Waals surface area contributed by atoms with E-state index in [1.165, 1.54) is 12.1 Å². The number of nitrogens with zero attached hydrogens (tertiary/aromatic N) is 1. The highest BCUT2D eigenvalue weighted by Crippen LogP contribution is 2.34. The third-order valence-electron chi connectivity index (χ3n) is 3.38. The summed E-state index contributed by atoms with van der Waals surface area (Å²) in [4.78, 5) is 5.20. The van der Waals surface area contributed by atoms with Gasteiger partial charge in [0.05, 0.1) is 11.3 Å². The fraction of sp³-hybridized carbons (Fsp3) is 0.235. The van der Waals surface area contributed by atoms with Gasteiger partial charge in [0, 0.05) is 26.2 Å². The minimum Gasteiger partial charge on any atom is -0.391 e. The van der Waals surface area contributed by atoms with Crippen molar-refractivity contribution in [3.63, 3.8) is 0 Å².